The number of benzene rings is 1. The van der Waals surface area contributed by atoms with Crippen molar-refractivity contribution in [3.63, 3.8) is 0 Å². The maximum atomic E-state index is 12.7. The molecule has 1 fully saturated rings. The first kappa shape index (κ1) is 21.5. The summed E-state index contributed by atoms with van der Waals surface area (Å²) in [6, 6.07) is 8.91. The van der Waals surface area contributed by atoms with Crippen LogP contribution in [0.5, 0.6) is 0 Å². The zero-order chi connectivity index (χ0) is 17.5. The van der Waals surface area contributed by atoms with E-state index in [9.17, 15) is 9.59 Å². The highest BCUT2D eigenvalue weighted by molar-refractivity contribution is 5.85. The van der Waals surface area contributed by atoms with E-state index in [0.29, 0.717) is 13.1 Å². The number of likely N-dealkylation sites (tertiary alicyclic amines) is 1. The number of nitrogens with one attached hydrogen (secondary N) is 1. The summed E-state index contributed by atoms with van der Waals surface area (Å²) in [7, 11) is 0. The Bertz CT molecular complexity index is 553. The van der Waals surface area contributed by atoms with Gasteiger partial charge in [0.15, 0.2) is 0 Å². The van der Waals surface area contributed by atoms with Gasteiger partial charge >= 0.3 is 0 Å². The van der Waals surface area contributed by atoms with E-state index in [4.69, 9.17) is 5.73 Å². The summed E-state index contributed by atoms with van der Waals surface area (Å²) in [6.07, 6.45) is 3.69. The Balaban J connectivity index is 0.00000312. The molecule has 0 saturated carbocycles. The Hall–Kier alpha value is -1.59. The largest absolute Gasteiger partial charge is 0.353 e. The number of rotatable bonds is 6. The van der Waals surface area contributed by atoms with E-state index in [1.165, 1.54) is 0 Å². The minimum absolute atomic E-state index is 0. The van der Waals surface area contributed by atoms with Gasteiger partial charge < -0.3 is 16.0 Å². The molecule has 1 aliphatic rings. The summed E-state index contributed by atoms with van der Waals surface area (Å²) in [5, 5.41) is 3.06. The van der Waals surface area contributed by atoms with Crippen molar-refractivity contribution < 1.29 is 9.59 Å². The maximum absolute atomic E-state index is 12.7. The van der Waals surface area contributed by atoms with Crippen molar-refractivity contribution in [1.29, 1.82) is 0 Å². The van der Waals surface area contributed by atoms with Crippen molar-refractivity contribution in [2.45, 2.75) is 51.6 Å². The molecule has 3 N–H and O–H groups in total. The Labute approximate surface area is 156 Å². The topological polar surface area (TPSA) is 75.4 Å². The van der Waals surface area contributed by atoms with Crippen LogP contribution in [0, 0.1) is 5.92 Å². The van der Waals surface area contributed by atoms with E-state index in [-0.39, 0.29) is 36.2 Å². The van der Waals surface area contributed by atoms with Crippen molar-refractivity contribution in [2.75, 3.05) is 13.1 Å². The van der Waals surface area contributed by atoms with Crippen LogP contribution < -0.4 is 11.1 Å². The first-order valence-electron chi connectivity index (χ1n) is 8.92. The zero-order valence-corrected chi connectivity index (χ0v) is 15.9. The van der Waals surface area contributed by atoms with E-state index in [0.717, 1.165) is 31.2 Å². The Morgan fingerprint density at radius 3 is 2.64 bits per heavy atom. The minimum Gasteiger partial charge on any atom is -0.353 e. The molecule has 0 bridgehead atoms. The summed E-state index contributed by atoms with van der Waals surface area (Å²) in [4.78, 5) is 26.8. The fourth-order valence-electron chi connectivity index (χ4n) is 3.26. The van der Waals surface area contributed by atoms with Gasteiger partial charge in [0.1, 0.15) is 6.04 Å². The second-order valence-electron chi connectivity index (χ2n) is 6.71. The molecular formula is C19H30ClN3O2. The Morgan fingerprint density at radius 1 is 1.32 bits per heavy atom. The molecular weight excluding hydrogens is 338 g/mol. The fraction of sp³-hybridized carbons (Fsp3) is 0.579. The summed E-state index contributed by atoms with van der Waals surface area (Å²) in [5.41, 5.74) is 6.93. The van der Waals surface area contributed by atoms with Crippen LogP contribution in [0.15, 0.2) is 30.3 Å². The van der Waals surface area contributed by atoms with E-state index < -0.39 is 6.04 Å². The third kappa shape index (κ3) is 6.01. The highest BCUT2D eigenvalue weighted by Gasteiger charge is 2.31. The van der Waals surface area contributed by atoms with Gasteiger partial charge in [-0.2, -0.15) is 0 Å². The van der Waals surface area contributed by atoms with Crippen LogP contribution in [-0.2, 0) is 9.59 Å². The van der Waals surface area contributed by atoms with Gasteiger partial charge in [0.25, 0.3) is 0 Å². The number of piperidine rings is 1. The number of hydrogen-bond acceptors (Lipinski definition) is 3. The molecule has 5 nitrogen and oxygen atoms in total. The number of carbonyl (C=O) groups is 2. The predicted octanol–water partition coefficient (Wildman–Crippen LogP) is 2.65. The normalized spacial score (nSPS) is 19.5. The minimum atomic E-state index is -0.660. The van der Waals surface area contributed by atoms with Crippen molar-refractivity contribution in [3.05, 3.63) is 35.9 Å². The van der Waals surface area contributed by atoms with E-state index in [1.54, 1.807) is 4.90 Å². The van der Waals surface area contributed by atoms with Crippen LogP contribution in [0.4, 0.5) is 0 Å². The van der Waals surface area contributed by atoms with Crippen molar-refractivity contribution >= 4 is 24.2 Å². The molecule has 1 aliphatic heterocycles. The molecule has 1 aromatic rings. The molecule has 0 aromatic heterocycles. The Morgan fingerprint density at radius 2 is 2.00 bits per heavy atom. The van der Waals surface area contributed by atoms with Gasteiger partial charge in [-0.25, -0.2) is 0 Å². The van der Waals surface area contributed by atoms with Gasteiger partial charge in [-0.3, -0.25) is 9.59 Å². The number of hydrogen-bond donors (Lipinski definition) is 2. The van der Waals surface area contributed by atoms with Crippen LogP contribution in [0.2, 0.25) is 0 Å². The predicted molar refractivity (Wildman–Crippen MR) is 102 cm³/mol. The lowest BCUT2D eigenvalue weighted by Gasteiger charge is -2.34. The van der Waals surface area contributed by atoms with Crippen molar-refractivity contribution in [3.8, 4) is 0 Å². The average molecular weight is 368 g/mol. The fourth-order valence-corrected chi connectivity index (χ4v) is 3.26. The van der Waals surface area contributed by atoms with Gasteiger partial charge in [0.2, 0.25) is 11.8 Å². The third-order valence-corrected chi connectivity index (χ3v) is 4.64. The maximum Gasteiger partial charge on any atom is 0.244 e. The molecule has 1 heterocycles. The molecule has 1 aromatic carbocycles. The molecule has 3 atom stereocenters. The molecule has 0 spiro atoms. The summed E-state index contributed by atoms with van der Waals surface area (Å²) in [6.45, 7) is 5.27. The smallest absolute Gasteiger partial charge is 0.244 e. The quantitative estimate of drug-likeness (QED) is 0.811. The van der Waals surface area contributed by atoms with Crippen molar-refractivity contribution in [2.24, 2.45) is 11.7 Å². The summed E-state index contributed by atoms with van der Waals surface area (Å²) >= 11 is 0. The monoisotopic (exact) mass is 367 g/mol. The van der Waals surface area contributed by atoms with Gasteiger partial charge in [-0.15, -0.1) is 12.4 Å². The first-order chi connectivity index (χ1) is 11.5. The molecule has 2 rings (SSSR count). The van der Waals surface area contributed by atoms with Crippen LogP contribution >= 0.6 is 12.4 Å². The standard InChI is InChI=1S/C19H29N3O2.ClH/c1-3-8-14(2)21-18(23)16-11-7-12-22(13-16)19(24)17(20)15-9-5-4-6-10-15;/h4-6,9-10,14,16-17H,3,7-8,11-13,20H2,1-2H3,(H,21,23);1H. The van der Waals surface area contributed by atoms with Crippen LogP contribution in [0.3, 0.4) is 0 Å². The number of nitrogens with zero attached hydrogens (tertiary/aromatic N) is 1. The third-order valence-electron chi connectivity index (χ3n) is 4.64. The SMILES string of the molecule is CCCC(C)NC(=O)C1CCCN(C(=O)C(N)c2ccccc2)C1.Cl. The van der Waals surface area contributed by atoms with Crippen LogP contribution in [-0.4, -0.2) is 35.8 Å². The van der Waals surface area contributed by atoms with E-state index in [1.807, 2.05) is 37.3 Å². The molecule has 3 unspecified atom stereocenters. The molecule has 1 saturated heterocycles. The van der Waals surface area contributed by atoms with E-state index in [2.05, 4.69) is 12.2 Å². The average Bonchev–Trinajstić information content (AvgIpc) is 2.61. The van der Waals surface area contributed by atoms with Gasteiger partial charge in [-0.05, 0) is 31.7 Å². The summed E-state index contributed by atoms with van der Waals surface area (Å²) < 4.78 is 0. The van der Waals surface area contributed by atoms with Crippen molar-refractivity contribution in [1.82, 2.24) is 10.2 Å². The second-order valence-corrected chi connectivity index (χ2v) is 6.71. The lowest BCUT2D eigenvalue weighted by molar-refractivity contribution is -0.137. The summed E-state index contributed by atoms with van der Waals surface area (Å²) in [5.74, 6) is -0.174. The first-order valence-corrected chi connectivity index (χ1v) is 8.92. The number of carbonyl (C=O) groups excluding carboxylic acids is 2. The van der Waals surface area contributed by atoms with Gasteiger partial charge in [-0.1, -0.05) is 43.7 Å². The van der Waals surface area contributed by atoms with E-state index >= 15 is 0 Å². The number of amides is 2. The van der Waals surface area contributed by atoms with Gasteiger partial charge in [0, 0.05) is 19.1 Å². The molecule has 0 radical (unpaired) electrons. The van der Waals surface area contributed by atoms with Crippen LogP contribution in [0.1, 0.15) is 51.1 Å². The lowest BCUT2D eigenvalue weighted by Crippen LogP contribution is -2.49. The number of halogens is 1. The Kier molecular flexibility index (Phi) is 8.93. The molecule has 25 heavy (non-hydrogen) atoms. The lowest BCUT2D eigenvalue weighted by atomic mass is 9.95. The van der Waals surface area contributed by atoms with Gasteiger partial charge in [0.05, 0.1) is 5.92 Å². The zero-order valence-electron chi connectivity index (χ0n) is 15.1. The molecule has 6 heteroatoms. The number of nitrogens with two attached hydrogens (primary N) is 1. The molecule has 0 aliphatic carbocycles. The molecule has 140 valence electrons. The van der Waals surface area contributed by atoms with Crippen LogP contribution in [0.25, 0.3) is 0 Å². The highest BCUT2D eigenvalue weighted by Crippen LogP contribution is 2.21. The highest BCUT2D eigenvalue weighted by atomic mass is 35.5. The molecule has 2 amide bonds. The second kappa shape index (κ2) is 10.4.